The fourth-order valence-electron chi connectivity index (χ4n) is 12.0. The van der Waals surface area contributed by atoms with Crippen LogP contribution >= 0.6 is 29.2 Å². The van der Waals surface area contributed by atoms with Gasteiger partial charge in [-0.15, -0.1) is 0 Å². The number of carbonyl (C=O) groups is 8. The molecule has 6 N–H and O–H groups in total. The molecule has 7 rings (SSSR count). The maximum Gasteiger partial charge on any atom is 0.325 e. The lowest BCUT2D eigenvalue weighted by Gasteiger charge is -2.37. The highest BCUT2D eigenvalue weighted by Gasteiger charge is 2.49. The molecular formula is C67H91N8O14PS3. The Morgan fingerprint density at radius 3 is 2.14 bits per heavy atom. The van der Waals surface area contributed by atoms with Crippen molar-refractivity contribution >= 4 is 103 Å². The van der Waals surface area contributed by atoms with Crippen LogP contribution in [0.15, 0.2) is 113 Å². The second-order valence-corrected chi connectivity index (χ2v) is 30.5. The molecule has 1 aromatic heterocycles. The molecule has 4 heterocycles. The predicted octanol–water partition coefficient (Wildman–Crippen LogP) is 8.39. The van der Waals surface area contributed by atoms with Crippen LogP contribution in [0.2, 0.25) is 0 Å². The van der Waals surface area contributed by atoms with Gasteiger partial charge in [-0.1, -0.05) is 93.8 Å². The predicted molar refractivity (Wildman–Crippen MR) is 361 cm³/mol. The summed E-state index contributed by atoms with van der Waals surface area (Å²) in [4.78, 5) is 129. The molecule has 3 aliphatic heterocycles. The van der Waals surface area contributed by atoms with Crippen molar-refractivity contribution in [2.45, 2.75) is 172 Å². The zero-order valence-electron chi connectivity index (χ0n) is 54.6. The minimum Gasteiger partial charge on any atom is -0.748 e. The summed E-state index contributed by atoms with van der Waals surface area (Å²) in [7, 11) is -1.82. The topological polar surface area (TPSA) is 322 Å². The molecule has 0 radical (unpaired) electrons. The number of aromatic nitrogens is 1. The number of benzene rings is 2. The first-order chi connectivity index (χ1) is 44.0. The largest absolute Gasteiger partial charge is 0.748 e. The summed E-state index contributed by atoms with van der Waals surface area (Å²) in [5.74, 6) is -3.75. The van der Waals surface area contributed by atoms with Gasteiger partial charge < -0.3 is 40.1 Å². The smallest absolute Gasteiger partial charge is 0.325 e. The van der Waals surface area contributed by atoms with Crippen LogP contribution < -0.4 is 26.2 Å². The first kappa shape index (κ1) is 75.4. The number of nitrogens with zero attached hydrogens (tertiary/aromatic N) is 4. The summed E-state index contributed by atoms with van der Waals surface area (Å²) in [5, 5.41) is 11.4. The number of carbonyl (C=O) groups excluding carboxylic acids is 8. The number of nitrogens with one attached hydrogen (secondary N) is 4. The Bertz CT molecular complexity index is 3530. The van der Waals surface area contributed by atoms with Crippen LogP contribution in [0.25, 0.3) is 0 Å². The number of unbranched alkanes of at least 4 members (excludes halogenated alkanes) is 4. The van der Waals surface area contributed by atoms with E-state index in [2.05, 4.69) is 87.7 Å². The quantitative estimate of drug-likeness (QED) is 0.00816. The molecule has 2 aromatic carbocycles. The summed E-state index contributed by atoms with van der Waals surface area (Å²) in [6.07, 6.45) is 10.7. The summed E-state index contributed by atoms with van der Waals surface area (Å²) in [5.41, 5.74) is 7.29. The molecule has 0 bridgehead atoms. The molecule has 26 heteroatoms. The van der Waals surface area contributed by atoms with Gasteiger partial charge in [-0.05, 0) is 106 Å². The van der Waals surface area contributed by atoms with Crippen LogP contribution in [0.1, 0.15) is 155 Å². The molecule has 3 aromatic rings. The maximum atomic E-state index is 14.5. The zero-order valence-corrected chi connectivity index (χ0v) is 58.0. The van der Waals surface area contributed by atoms with E-state index in [1.807, 2.05) is 80.5 Å². The molecule has 5 amide bonds. The van der Waals surface area contributed by atoms with Gasteiger partial charge in [-0.25, -0.2) is 13.4 Å². The summed E-state index contributed by atoms with van der Waals surface area (Å²) >= 11 is 0. The Hall–Kier alpha value is -6.60. The number of fused-ring (bicyclic) bond motifs is 2. The van der Waals surface area contributed by atoms with Crippen molar-refractivity contribution in [1.82, 2.24) is 31.2 Å². The molecule has 4 aliphatic rings. The highest BCUT2D eigenvalue weighted by Crippen LogP contribution is 2.50. The molecule has 0 spiro atoms. The van der Waals surface area contributed by atoms with Crippen molar-refractivity contribution < 1.29 is 70.3 Å². The van der Waals surface area contributed by atoms with Gasteiger partial charge in [0.2, 0.25) is 35.2 Å². The number of rotatable bonds is 34. The number of likely N-dealkylation sites (N-methyl/N-ethyl adjacent to an activating group) is 1. The van der Waals surface area contributed by atoms with Crippen LogP contribution in [-0.4, -0.2) is 153 Å². The number of hydrogen-bond acceptors (Lipinski definition) is 17. The lowest BCUT2D eigenvalue weighted by Crippen LogP contribution is -2.48. The van der Waals surface area contributed by atoms with Crippen LogP contribution in [0.4, 0.5) is 11.4 Å². The number of likely N-dealkylation sites (tertiary alicyclic amines) is 1. The third-order valence-corrected chi connectivity index (χ3v) is 21.0. The first-order valence-corrected chi connectivity index (χ1v) is 37.6. The summed E-state index contributed by atoms with van der Waals surface area (Å²) in [6, 6.07) is 20.0. The minimum atomic E-state index is -4.77. The average Bonchev–Trinajstić information content (AvgIpc) is 1.67. The molecule has 22 nitrogen and oxygen atoms in total. The van der Waals surface area contributed by atoms with E-state index in [-0.39, 0.29) is 74.7 Å². The van der Waals surface area contributed by atoms with Crippen LogP contribution in [-0.2, 0) is 63.9 Å². The molecule has 3 unspecified atom stereocenters. The molecule has 1 fully saturated rings. The number of imide groups is 1. The number of amides is 5. The highest BCUT2D eigenvalue weighted by atomic mass is 33.1. The van der Waals surface area contributed by atoms with Crippen molar-refractivity contribution in [2.24, 2.45) is 5.92 Å². The van der Waals surface area contributed by atoms with E-state index < -0.39 is 82.0 Å². The van der Waals surface area contributed by atoms with Gasteiger partial charge in [-0.3, -0.25) is 48.2 Å². The maximum absolute atomic E-state index is 14.5. The van der Waals surface area contributed by atoms with Crippen molar-refractivity contribution in [3.8, 4) is 0 Å². The molecule has 1 aliphatic carbocycles. The summed E-state index contributed by atoms with van der Waals surface area (Å²) in [6.45, 7) is 13.6. The standard InChI is InChI=1S/C47H59N5O8S.C20H32N3O6PS2/c1-8-9-10-23-38(53)34(29-61(58,59)60)48-41(54)24-15-16-25-42(55)49-45(57)37-22-17-26-52(37)43-30(27-39-46(2,3)32-18-11-13-20-35(32)50(39)6)44(56)31(43)28-40-47(4,5)33-19-12-14-21-36(33)51(40)7;1-2-17(24)15-16(9-13-30(27,28)29)20(26)23-11-5-3-7-18(25)21-12-14-31-32-19-8-4-6-10-22-19/h11-14,18-21,27-28,34,37H,8-10,15-17,22-26,29H2,1-7H3,(H2-,48,49,54,55,57,58,59,60);4,6,8,10,16H,2-3,5,7,9,11-15H2,1H3,(H,21,25)(H,23,26)(H2,27,28,29). The van der Waals surface area contributed by atoms with Gasteiger partial charge in [0, 0.05) is 123 Å². The molecular weight excluding hydrogens is 1270 g/mol. The third-order valence-electron chi connectivity index (χ3n) is 17.2. The van der Waals surface area contributed by atoms with E-state index in [0.717, 1.165) is 57.5 Å². The van der Waals surface area contributed by atoms with E-state index in [4.69, 9.17) is 9.79 Å². The summed E-state index contributed by atoms with van der Waals surface area (Å²) < 4.78 is 47.5. The van der Waals surface area contributed by atoms with Crippen molar-refractivity contribution in [3.05, 3.63) is 119 Å². The Labute approximate surface area is 554 Å². The number of Topliss-reactive ketones (excluding diaryl/α,β-unsaturated/α-hetero) is 3. The van der Waals surface area contributed by atoms with Crippen molar-refractivity contribution in [1.29, 1.82) is 0 Å². The number of para-hydroxylation sites is 2. The van der Waals surface area contributed by atoms with Crippen LogP contribution in [0.3, 0.4) is 0 Å². The molecule has 93 heavy (non-hydrogen) atoms. The number of hydrogen-bond donors (Lipinski definition) is 6. The fraction of sp³-hybridized carbons (Fsp3) is 0.522. The Morgan fingerprint density at radius 2 is 1.48 bits per heavy atom. The SMILES string of the molecule is CCC(=O)CC(CCP(=O)(O)O)C(=O)NCCCCC(=O)NCCSSc1ccccn1.CCCCCC(=O)C(CS(=O)(=O)[O-])NC(=O)CCCCC(=O)NC(=O)C1CCCN1C1=C(C=C2N(C)c3ccccc3C2(C)C)C(=O)C1=CC1=[N+](C)c2ccccc2C1(C)C. The zero-order chi connectivity index (χ0) is 68.3. The Kier molecular flexibility index (Phi) is 28.1. The van der Waals surface area contributed by atoms with E-state index in [1.165, 1.54) is 0 Å². The number of anilines is 1. The molecule has 0 saturated carbocycles. The number of pyridine rings is 1. The Morgan fingerprint density at radius 1 is 0.828 bits per heavy atom. The second kappa shape index (κ2) is 34.7. The van der Waals surface area contributed by atoms with E-state index in [9.17, 15) is 55.9 Å². The van der Waals surface area contributed by atoms with Gasteiger partial charge in [0.1, 0.15) is 29.9 Å². The van der Waals surface area contributed by atoms with Gasteiger partial charge >= 0.3 is 7.60 Å². The average molecular weight is 1360 g/mol. The van der Waals surface area contributed by atoms with Crippen LogP contribution in [0.5, 0.6) is 0 Å². The normalized spacial score (nSPS) is 17.9. The fourth-order valence-corrected chi connectivity index (χ4v) is 15.1. The molecule has 1 saturated heterocycles. The molecule has 3 atom stereocenters. The van der Waals surface area contributed by atoms with Crippen LogP contribution in [0, 0.1) is 5.92 Å². The first-order valence-electron chi connectivity index (χ1n) is 31.9. The number of ketones is 3. The monoisotopic (exact) mass is 1360 g/mol. The third kappa shape index (κ3) is 21.5. The van der Waals surface area contributed by atoms with Gasteiger partial charge in [0.15, 0.2) is 17.3 Å². The number of allylic oxidation sites excluding steroid dienone is 5. The van der Waals surface area contributed by atoms with E-state index >= 15 is 0 Å². The van der Waals surface area contributed by atoms with E-state index in [1.54, 1.807) is 34.7 Å². The van der Waals surface area contributed by atoms with Gasteiger partial charge in [0.25, 0.3) is 0 Å². The molecule has 506 valence electrons. The lowest BCUT2D eigenvalue weighted by molar-refractivity contribution is -0.401. The highest BCUT2D eigenvalue weighted by molar-refractivity contribution is 8.76. The lowest BCUT2D eigenvalue weighted by atomic mass is 9.76. The van der Waals surface area contributed by atoms with Gasteiger partial charge in [-0.2, -0.15) is 4.58 Å². The van der Waals surface area contributed by atoms with E-state index in [0.29, 0.717) is 75.0 Å². The second-order valence-electron chi connectivity index (χ2n) is 24.8. The minimum absolute atomic E-state index is 0.0264. The Balaban J connectivity index is 0.000000362. The van der Waals surface area contributed by atoms with Crippen molar-refractivity contribution in [2.75, 3.05) is 56.3 Å². The van der Waals surface area contributed by atoms with Crippen molar-refractivity contribution in [3.63, 3.8) is 0 Å². The van der Waals surface area contributed by atoms with Gasteiger partial charge in [0.05, 0.1) is 38.7 Å².